The topological polar surface area (TPSA) is 42.0 Å². The lowest BCUT2D eigenvalue weighted by Gasteiger charge is -2.14. The van der Waals surface area contributed by atoms with Crippen molar-refractivity contribution >= 4 is 33.2 Å². The van der Waals surface area contributed by atoms with Crippen molar-refractivity contribution in [2.24, 2.45) is 0 Å². The van der Waals surface area contributed by atoms with Gasteiger partial charge in [-0.15, -0.1) is 11.3 Å². The van der Waals surface area contributed by atoms with Crippen LogP contribution in [0.5, 0.6) is 0 Å². The van der Waals surface area contributed by atoms with E-state index in [0.717, 1.165) is 21.5 Å². The number of aromatic nitrogens is 1. The molecule has 0 saturated heterocycles. The second-order valence-electron chi connectivity index (χ2n) is 4.27. The number of hydrogen-bond acceptors (Lipinski definition) is 3. The van der Waals surface area contributed by atoms with E-state index in [0.29, 0.717) is 5.56 Å². The minimum atomic E-state index is -0.0577. The smallest absolute Gasteiger partial charge is 0.251 e. The van der Waals surface area contributed by atoms with E-state index in [2.05, 4.69) is 26.2 Å². The highest BCUT2D eigenvalue weighted by atomic mass is 79.9. The molecule has 2 rings (SSSR count). The normalized spacial score (nSPS) is 12.2. The molecule has 2 aromatic rings. The predicted molar refractivity (Wildman–Crippen MR) is 81.5 cm³/mol. The Hall–Kier alpha value is -1.20. The lowest BCUT2D eigenvalue weighted by Crippen LogP contribution is -2.28. The second-order valence-corrected chi connectivity index (χ2v) is 6.05. The summed E-state index contributed by atoms with van der Waals surface area (Å²) in [5.41, 5.74) is 1.73. The zero-order valence-electron chi connectivity index (χ0n) is 10.8. The average Bonchev–Trinajstić information content (AvgIpc) is 2.92. The molecule has 1 amide bonds. The molecule has 0 saturated carbocycles. The molecule has 0 radical (unpaired) electrons. The van der Waals surface area contributed by atoms with Crippen molar-refractivity contribution in [2.75, 3.05) is 0 Å². The number of hydrogen-bond donors (Lipinski definition) is 1. The van der Waals surface area contributed by atoms with Gasteiger partial charge < -0.3 is 5.32 Å². The molecule has 1 heterocycles. The summed E-state index contributed by atoms with van der Waals surface area (Å²) in [7, 11) is 0. The van der Waals surface area contributed by atoms with Crippen molar-refractivity contribution in [3.63, 3.8) is 0 Å². The Bertz CT molecular complexity index is 569. The van der Waals surface area contributed by atoms with E-state index < -0.39 is 0 Å². The van der Waals surface area contributed by atoms with E-state index in [1.807, 2.05) is 37.4 Å². The van der Waals surface area contributed by atoms with Gasteiger partial charge in [0.1, 0.15) is 5.01 Å². The highest BCUT2D eigenvalue weighted by Crippen LogP contribution is 2.21. The van der Waals surface area contributed by atoms with Crippen molar-refractivity contribution in [1.29, 1.82) is 0 Å². The lowest BCUT2D eigenvalue weighted by atomic mass is 10.1. The van der Waals surface area contributed by atoms with Crippen molar-refractivity contribution in [3.05, 3.63) is 50.4 Å². The molecular weight excluding hydrogens is 324 g/mol. The van der Waals surface area contributed by atoms with Crippen molar-refractivity contribution in [2.45, 2.75) is 26.3 Å². The Kier molecular flexibility index (Phi) is 4.71. The number of rotatable bonds is 4. The Morgan fingerprint density at radius 2 is 2.32 bits per heavy atom. The van der Waals surface area contributed by atoms with E-state index in [1.54, 1.807) is 17.5 Å². The van der Waals surface area contributed by atoms with Gasteiger partial charge in [-0.1, -0.05) is 22.9 Å². The largest absolute Gasteiger partial charge is 0.343 e. The van der Waals surface area contributed by atoms with Gasteiger partial charge in [0, 0.05) is 21.6 Å². The van der Waals surface area contributed by atoms with Gasteiger partial charge in [-0.3, -0.25) is 4.79 Å². The summed E-state index contributed by atoms with van der Waals surface area (Å²) in [6.45, 7) is 4.01. The zero-order valence-corrected chi connectivity index (χ0v) is 13.2. The van der Waals surface area contributed by atoms with Crippen LogP contribution in [0.2, 0.25) is 0 Å². The van der Waals surface area contributed by atoms with Crippen LogP contribution >= 0.6 is 27.3 Å². The molecule has 100 valence electrons. The van der Waals surface area contributed by atoms with Crippen molar-refractivity contribution in [1.82, 2.24) is 10.3 Å². The molecule has 19 heavy (non-hydrogen) atoms. The van der Waals surface area contributed by atoms with Crippen LogP contribution in [0.1, 0.15) is 40.3 Å². The van der Waals surface area contributed by atoms with E-state index in [1.165, 1.54) is 0 Å². The first-order chi connectivity index (χ1) is 9.11. The molecule has 1 aromatic carbocycles. The number of nitrogens with zero attached hydrogens (tertiary/aromatic N) is 1. The third kappa shape index (κ3) is 3.42. The molecule has 0 aliphatic rings. The van der Waals surface area contributed by atoms with Crippen LogP contribution in [0.15, 0.2) is 34.2 Å². The predicted octanol–water partition coefficient (Wildman–Crippen LogP) is 4.10. The van der Waals surface area contributed by atoms with E-state index in [4.69, 9.17) is 0 Å². The molecule has 1 unspecified atom stereocenters. The molecule has 1 N–H and O–H groups in total. The van der Waals surface area contributed by atoms with Crippen LogP contribution in [-0.2, 0) is 0 Å². The Morgan fingerprint density at radius 3 is 2.89 bits per heavy atom. The van der Waals surface area contributed by atoms with Crippen LogP contribution in [-0.4, -0.2) is 10.9 Å². The standard InChI is InChI=1S/C14H15BrN2OS/c1-3-12(14-16-6-7-19-14)17-13(18)10-4-5-11(15)9(2)8-10/h4-8,12H,3H2,1-2H3,(H,17,18). The van der Waals surface area contributed by atoms with E-state index >= 15 is 0 Å². The maximum Gasteiger partial charge on any atom is 0.251 e. The van der Waals surface area contributed by atoms with Crippen LogP contribution in [0.3, 0.4) is 0 Å². The molecule has 1 aromatic heterocycles. The fraction of sp³-hybridized carbons (Fsp3) is 0.286. The minimum Gasteiger partial charge on any atom is -0.343 e. The summed E-state index contributed by atoms with van der Waals surface area (Å²) in [6.07, 6.45) is 2.59. The van der Waals surface area contributed by atoms with Gasteiger partial charge in [0.25, 0.3) is 5.91 Å². The second kappa shape index (κ2) is 6.30. The fourth-order valence-electron chi connectivity index (χ4n) is 1.77. The van der Waals surface area contributed by atoms with Gasteiger partial charge in [0.05, 0.1) is 6.04 Å². The average molecular weight is 339 g/mol. The van der Waals surface area contributed by atoms with Crippen LogP contribution in [0.4, 0.5) is 0 Å². The highest BCUT2D eigenvalue weighted by Gasteiger charge is 2.16. The summed E-state index contributed by atoms with van der Waals surface area (Å²) >= 11 is 5.00. The third-order valence-electron chi connectivity index (χ3n) is 2.88. The molecule has 0 bridgehead atoms. The Morgan fingerprint density at radius 1 is 1.53 bits per heavy atom. The summed E-state index contributed by atoms with van der Waals surface area (Å²) in [5.74, 6) is -0.0577. The first-order valence-electron chi connectivity index (χ1n) is 6.08. The highest BCUT2D eigenvalue weighted by molar-refractivity contribution is 9.10. The Balaban J connectivity index is 2.13. The number of nitrogens with one attached hydrogen (secondary N) is 1. The molecule has 0 spiro atoms. The number of benzene rings is 1. The summed E-state index contributed by atoms with van der Waals surface area (Å²) in [6, 6.07) is 5.58. The molecule has 0 aliphatic carbocycles. The van der Waals surface area contributed by atoms with Crippen molar-refractivity contribution < 1.29 is 4.79 Å². The van der Waals surface area contributed by atoms with Gasteiger partial charge in [-0.25, -0.2) is 4.98 Å². The van der Waals surface area contributed by atoms with E-state index in [-0.39, 0.29) is 11.9 Å². The Labute approximate surface area is 125 Å². The first-order valence-corrected chi connectivity index (χ1v) is 7.75. The zero-order chi connectivity index (χ0) is 13.8. The monoisotopic (exact) mass is 338 g/mol. The summed E-state index contributed by atoms with van der Waals surface area (Å²) in [4.78, 5) is 16.5. The van der Waals surface area contributed by atoms with Gasteiger partial charge in [0.2, 0.25) is 0 Å². The van der Waals surface area contributed by atoms with Gasteiger partial charge >= 0.3 is 0 Å². The number of amides is 1. The number of carbonyl (C=O) groups excluding carboxylic acids is 1. The number of halogens is 1. The number of aryl methyl sites for hydroxylation is 1. The maximum atomic E-state index is 12.2. The quantitative estimate of drug-likeness (QED) is 0.911. The molecular formula is C14H15BrN2OS. The van der Waals surface area contributed by atoms with Crippen molar-refractivity contribution in [3.8, 4) is 0 Å². The molecule has 5 heteroatoms. The van der Waals surface area contributed by atoms with Gasteiger partial charge in [-0.05, 0) is 37.1 Å². The van der Waals surface area contributed by atoms with E-state index in [9.17, 15) is 4.79 Å². The van der Waals surface area contributed by atoms with Gasteiger partial charge in [0.15, 0.2) is 0 Å². The minimum absolute atomic E-state index is 0.0172. The van der Waals surface area contributed by atoms with Crippen LogP contribution in [0.25, 0.3) is 0 Å². The number of carbonyl (C=O) groups is 1. The summed E-state index contributed by atoms with van der Waals surface area (Å²) < 4.78 is 1.01. The van der Waals surface area contributed by atoms with Crippen LogP contribution in [0, 0.1) is 6.92 Å². The summed E-state index contributed by atoms with van der Waals surface area (Å²) in [5, 5.41) is 5.90. The van der Waals surface area contributed by atoms with Gasteiger partial charge in [-0.2, -0.15) is 0 Å². The molecule has 1 atom stereocenters. The molecule has 0 fully saturated rings. The molecule has 0 aliphatic heterocycles. The molecule has 3 nitrogen and oxygen atoms in total. The SMILES string of the molecule is CCC(NC(=O)c1ccc(Br)c(C)c1)c1nccs1. The first kappa shape index (κ1) is 14.2. The maximum absolute atomic E-state index is 12.2. The lowest BCUT2D eigenvalue weighted by molar-refractivity contribution is 0.0935. The third-order valence-corrected chi connectivity index (χ3v) is 4.66. The fourth-order valence-corrected chi connectivity index (χ4v) is 2.79. The van der Waals surface area contributed by atoms with Crippen LogP contribution < -0.4 is 5.32 Å². The number of thiazole rings is 1.